The van der Waals surface area contributed by atoms with E-state index in [1.807, 2.05) is 13.0 Å². The summed E-state index contributed by atoms with van der Waals surface area (Å²) in [5.41, 5.74) is 2.88. The number of benzene rings is 1. The molecule has 1 amide bonds. The molecule has 2 aromatic heterocycles. The van der Waals surface area contributed by atoms with Crippen LogP contribution in [0, 0.1) is 6.92 Å². The number of nitrogens with zero attached hydrogens (tertiary/aromatic N) is 4. The number of fused-ring (bicyclic) bond motifs is 1. The Bertz CT molecular complexity index is 1070. The normalized spacial score (nSPS) is 15.0. The van der Waals surface area contributed by atoms with E-state index in [0.717, 1.165) is 28.8 Å². The van der Waals surface area contributed by atoms with Crippen LogP contribution in [0.3, 0.4) is 0 Å². The van der Waals surface area contributed by atoms with Gasteiger partial charge in [-0.05, 0) is 42.2 Å². The first-order valence-electron chi connectivity index (χ1n) is 8.79. The molecule has 0 radical (unpaired) electrons. The van der Waals surface area contributed by atoms with Crippen LogP contribution in [0.5, 0.6) is 0 Å². The van der Waals surface area contributed by atoms with E-state index in [4.69, 9.17) is 0 Å². The first-order chi connectivity index (χ1) is 13.3. The van der Waals surface area contributed by atoms with E-state index in [1.54, 1.807) is 27.9 Å². The molecule has 28 heavy (non-hydrogen) atoms. The summed E-state index contributed by atoms with van der Waals surface area (Å²) >= 11 is 0. The van der Waals surface area contributed by atoms with Gasteiger partial charge in [-0.25, -0.2) is 9.50 Å². The molecule has 3 aromatic rings. The number of amides is 1. The van der Waals surface area contributed by atoms with Crippen LogP contribution in [0.15, 0.2) is 48.8 Å². The fourth-order valence-corrected chi connectivity index (χ4v) is 3.23. The van der Waals surface area contributed by atoms with Crippen molar-refractivity contribution in [3.8, 4) is 0 Å². The molecular formula is C20H17F3N4O. The van der Waals surface area contributed by atoms with Gasteiger partial charge in [0.2, 0.25) is 0 Å². The number of aryl methyl sites for hydroxylation is 1. The van der Waals surface area contributed by atoms with Crippen LogP contribution in [0.2, 0.25) is 0 Å². The third-order valence-corrected chi connectivity index (χ3v) is 4.74. The van der Waals surface area contributed by atoms with Gasteiger partial charge in [0.05, 0.1) is 5.56 Å². The number of aromatic nitrogens is 3. The first kappa shape index (κ1) is 18.2. The Morgan fingerprint density at radius 1 is 1.18 bits per heavy atom. The zero-order valence-electron chi connectivity index (χ0n) is 15.1. The van der Waals surface area contributed by atoms with Crippen LogP contribution >= 0.6 is 0 Å². The van der Waals surface area contributed by atoms with Gasteiger partial charge in [-0.3, -0.25) is 4.79 Å². The smallest absolute Gasteiger partial charge is 0.333 e. The van der Waals surface area contributed by atoms with Gasteiger partial charge >= 0.3 is 6.18 Å². The van der Waals surface area contributed by atoms with E-state index in [9.17, 15) is 18.0 Å². The largest absolute Gasteiger partial charge is 0.416 e. The van der Waals surface area contributed by atoms with Crippen LogP contribution in [0.1, 0.15) is 33.6 Å². The van der Waals surface area contributed by atoms with Crippen molar-refractivity contribution in [1.82, 2.24) is 19.5 Å². The second-order valence-electron chi connectivity index (χ2n) is 6.77. The molecule has 0 aliphatic carbocycles. The highest BCUT2D eigenvalue weighted by atomic mass is 19.4. The van der Waals surface area contributed by atoms with Gasteiger partial charge in [0, 0.05) is 31.5 Å². The lowest BCUT2D eigenvalue weighted by Crippen LogP contribution is -2.34. The lowest BCUT2D eigenvalue weighted by molar-refractivity contribution is -0.137. The van der Waals surface area contributed by atoms with E-state index < -0.39 is 11.7 Å². The van der Waals surface area contributed by atoms with Crippen LogP contribution in [-0.2, 0) is 6.18 Å². The second kappa shape index (κ2) is 6.78. The Hall–Kier alpha value is -3.16. The molecule has 0 N–H and O–H groups in total. The van der Waals surface area contributed by atoms with Crippen molar-refractivity contribution in [2.45, 2.75) is 19.5 Å². The molecule has 5 nitrogen and oxygen atoms in total. The molecular weight excluding hydrogens is 369 g/mol. The maximum absolute atomic E-state index is 12.7. The van der Waals surface area contributed by atoms with Crippen LogP contribution in [0.25, 0.3) is 11.2 Å². The van der Waals surface area contributed by atoms with Crippen LogP contribution < -0.4 is 0 Å². The summed E-state index contributed by atoms with van der Waals surface area (Å²) in [6.45, 7) is 2.76. The highest BCUT2D eigenvalue weighted by Crippen LogP contribution is 2.31. The zero-order valence-corrected chi connectivity index (χ0v) is 15.1. The molecule has 0 saturated carbocycles. The van der Waals surface area contributed by atoms with Gasteiger partial charge in [-0.1, -0.05) is 18.2 Å². The van der Waals surface area contributed by atoms with Gasteiger partial charge in [-0.15, -0.1) is 0 Å². The predicted octanol–water partition coefficient (Wildman–Crippen LogP) is 3.99. The lowest BCUT2D eigenvalue weighted by atomic mass is 9.98. The maximum atomic E-state index is 12.7. The van der Waals surface area contributed by atoms with E-state index in [2.05, 4.69) is 10.1 Å². The number of hydrogen-bond acceptors (Lipinski definition) is 3. The zero-order chi connectivity index (χ0) is 19.9. The van der Waals surface area contributed by atoms with Crippen LogP contribution in [0.4, 0.5) is 13.2 Å². The lowest BCUT2D eigenvalue weighted by Gasteiger charge is -2.26. The topological polar surface area (TPSA) is 50.5 Å². The van der Waals surface area contributed by atoms with Gasteiger partial charge in [0.15, 0.2) is 11.3 Å². The molecule has 0 fully saturated rings. The summed E-state index contributed by atoms with van der Waals surface area (Å²) < 4.78 is 39.7. The van der Waals surface area contributed by atoms with E-state index in [1.165, 1.54) is 12.1 Å². The fourth-order valence-electron chi connectivity index (χ4n) is 3.23. The van der Waals surface area contributed by atoms with Gasteiger partial charge in [0.25, 0.3) is 5.91 Å². The Morgan fingerprint density at radius 2 is 1.93 bits per heavy atom. The number of rotatable bonds is 2. The predicted molar refractivity (Wildman–Crippen MR) is 97.7 cm³/mol. The third-order valence-electron chi connectivity index (χ3n) is 4.74. The van der Waals surface area contributed by atoms with Gasteiger partial charge in [-0.2, -0.15) is 18.3 Å². The molecule has 4 rings (SSSR count). The van der Waals surface area contributed by atoms with E-state index in [0.29, 0.717) is 30.9 Å². The quantitative estimate of drug-likeness (QED) is 0.669. The van der Waals surface area contributed by atoms with Crippen molar-refractivity contribution >= 4 is 17.1 Å². The molecule has 3 heterocycles. The summed E-state index contributed by atoms with van der Waals surface area (Å²) in [7, 11) is 0. The first-order valence-corrected chi connectivity index (χ1v) is 8.79. The van der Waals surface area contributed by atoms with Gasteiger partial charge < -0.3 is 4.90 Å². The monoisotopic (exact) mass is 386 g/mol. The summed E-state index contributed by atoms with van der Waals surface area (Å²) in [5.74, 6) is -0.189. The minimum atomic E-state index is -4.34. The molecule has 0 bridgehead atoms. The Morgan fingerprint density at radius 3 is 2.57 bits per heavy atom. The third kappa shape index (κ3) is 3.49. The number of halogens is 3. The number of carbonyl (C=O) groups excluding carboxylic acids is 1. The maximum Gasteiger partial charge on any atom is 0.416 e. The summed E-state index contributed by atoms with van der Waals surface area (Å²) in [5, 5.41) is 4.29. The molecule has 0 atom stereocenters. The molecule has 0 saturated heterocycles. The standard InChI is InChI=1S/C20H17F3N4O/c1-13-11-24-18-10-17(25-27(18)12-13)19(28)26-8-6-15(7-9-26)14-2-4-16(5-3-14)20(21,22)23/h2-6,10-12H,7-9H2,1H3. The van der Waals surface area contributed by atoms with Crippen molar-refractivity contribution in [2.75, 3.05) is 13.1 Å². The summed E-state index contributed by atoms with van der Waals surface area (Å²) in [6.07, 6.45) is 1.62. The number of carbonyl (C=O) groups is 1. The molecule has 1 aliphatic heterocycles. The fraction of sp³-hybridized carbons (Fsp3) is 0.250. The minimum absolute atomic E-state index is 0.189. The van der Waals surface area contributed by atoms with Crippen molar-refractivity contribution in [1.29, 1.82) is 0 Å². The molecule has 144 valence electrons. The Kier molecular flexibility index (Phi) is 4.41. The molecule has 0 spiro atoms. The summed E-state index contributed by atoms with van der Waals surface area (Å²) in [4.78, 5) is 18.6. The Labute approximate surface area is 159 Å². The molecule has 0 unspecified atom stereocenters. The second-order valence-corrected chi connectivity index (χ2v) is 6.77. The van der Waals surface area contributed by atoms with Crippen molar-refractivity contribution < 1.29 is 18.0 Å². The average Bonchev–Trinajstić information content (AvgIpc) is 3.10. The van der Waals surface area contributed by atoms with Crippen molar-refractivity contribution in [3.63, 3.8) is 0 Å². The highest BCUT2D eigenvalue weighted by Gasteiger charge is 2.30. The van der Waals surface area contributed by atoms with Gasteiger partial charge in [0.1, 0.15) is 0 Å². The summed E-state index contributed by atoms with van der Waals surface area (Å²) in [6, 6.07) is 6.76. The van der Waals surface area contributed by atoms with E-state index >= 15 is 0 Å². The minimum Gasteiger partial charge on any atom is -0.333 e. The SMILES string of the molecule is Cc1cnc2cc(C(=O)N3CC=C(c4ccc(C(F)(F)F)cc4)CC3)nn2c1. The number of hydrogen-bond donors (Lipinski definition) is 0. The highest BCUT2D eigenvalue weighted by molar-refractivity contribution is 5.94. The van der Waals surface area contributed by atoms with Crippen molar-refractivity contribution in [2.24, 2.45) is 0 Å². The average molecular weight is 386 g/mol. The van der Waals surface area contributed by atoms with E-state index in [-0.39, 0.29) is 5.91 Å². The molecule has 8 heteroatoms. The van der Waals surface area contributed by atoms with Crippen LogP contribution in [-0.4, -0.2) is 38.5 Å². The van der Waals surface area contributed by atoms with Crippen molar-refractivity contribution in [3.05, 3.63) is 71.2 Å². The molecule has 1 aromatic carbocycles. The Balaban J connectivity index is 1.49. The molecule has 1 aliphatic rings. The number of alkyl halides is 3.